The van der Waals surface area contributed by atoms with Gasteiger partial charge in [-0.15, -0.1) is 0 Å². The van der Waals surface area contributed by atoms with Crippen LogP contribution in [0.1, 0.15) is 6.42 Å². The van der Waals surface area contributed by atoms with Crippen molar-refractivity contribution in [3.63, 3.8) is 0 Å². The molecule has 1 saturated heterocycles. The molecular weight excluding hydrogens is 248 g/mol. The predicted octanol–water partition coefficient (Wildman–Crippen LogP) is 0.639. The van der Waals surface area contributed by atoms with Crippen LogP contribution in [0.3, 0.4) is 0 Å². The number of aromatic nitrogens is 1. The average Bonchev–Trinajstić information content (AvgIpc) is 2.81. The molecule has 0 aromatic carbocycles. The van der Waals surface area contributed by atoms with E-state index in [2.05, 4.69) is 27.7 Å². The molecule has 0 amide bonds. The van der Waals surface area contributed by atoms with Gasteiger partial charge in [0.2, 0.25) is 0 Å². The van der Waals surface area contributed by atoms with Crippen LogP contribution in [0.2, 0.25) is 0 Å². The van der Waals surface area contributed by atoms with Gasteiger partial charge in [0, 0.05) is 13.1 Å². The summed E-state index contributed by atoms with van der Waals surface area (Å²) < 4.78 is 0. The summed E-state index contributed by atoms with van der Waals surface area (Å²) in [4.78, 5) is 16.8. The van der Waals surface area contributed by atoms with Gasteiger partial charge in [-0.1, -0.05) is 0 Å². The van der Waals surface area contributed by atoms with E-state index < -0.39 is 4.92 Å². The highest BCUT2D eigenvalue weighted by molar-refractivity contribution is 5.54. The molecule has 2 heterocycles. The summed E-state index contributed by atoms with van der Waals surface area (Å²) in [5.74, 6) is 6.54. The second-order valence-electron chi connectivity index (χ2n) is 4.80. The first-order valence-electron chi connectivity index (χ1n) is 6.14. The number of nitro groups is 1. The van der Waals surface area contributed by atoms with Gasteiger partial charge in [-0.2, -0.15) is 0 Å². The molecule has 8 nitrogen and oxygen atoms in total. The summed E-state index contributed by atoms with van der Waals surface area (Å²) in [5.41, 5.74) is 2.30. The van der Waals surface area contributed by atoms with E-state index in [4.69, 9.17) is 5.84 Å². The summed E-state index contributed by atoms with van der Waals surface area (Å²) >= 11 is 0. The number of hydrazine groups is 1. The van der Waals surface area contributed by atoms with Crippen LogP contribution in [-0.4, -0.2) is 41.5 Å². The molecule has 0 radical (unpaired) electrons. The lowest BCUT2D eigenvalue weighted by Crippen LogP contribution is -2.19. The fourth-order valence-corrected chi connectivity index (χ4v) is 2.23. The van der Waals surface area contributed by atoms with Crippen LogP contribution in [-0.2, 0) is 0 Å². The summed E-state index contributed by atoms with van der Waals surface area (Å²) in [6.07, 6.45) is 1.13. The number of nitrogens with two attached hydrogens (primary N) is 1. The van der Waals surface area contributed by atoms with Crippen molar-refractivity contribution >= 4 is 17.3 Å². The second-order valence-corrected chi connectivity index (χ2v) is 4.80. The van der Waals surface area contributed by atoms with Gasteiger partial charge in [0.25, 0.3) is 5.69 Å². The molecule has 2 rings (SSSR count). The van der Waals surface area contributed by atoms with Crippen molar-refractivity contribution in [1.29, 1.82) is 0 Å². The van der Waals surface area contributed by atoms with Crippen LogP contribution in [0.4, 0.5) is 17.3 Å². The van der Waals surface area contributed by atoms with E-state index in [1.54, 1.807) is 0 Å². The van der Waals surface area contributed by atoms with E-state index in [-0.39, 0.29) is 11.5 Å². The zero-order valence-corrected chi connectivity index (χ0v) is 10.8. The zero-order valence-electron chi connectivity index (χ0n) is 10.8. The topological polar surface area (TPSA) is 109 Å². The number of nitrogens with one attached hydrogen (secondary N) is 2. The average molecular weight is 266 g/mol. The number of pyridine rings is 1. The minimum absolute atomic E-state index is 0.0333. The Morgan fingerprint density at radius 2 is 2.32 bits per heavy atom. The van der Waals surface area contributed by atoms with Crippen LogP contribution in [0.25, 0.3) is 0 Å². The van der Waals surface area contributed by atoms with E-state index in [1.807, 2.05) is 0 Å². The van der Waals surface area contributed by atoms with Crippen molar-refractivity contribution in [3.8, 4) is 0 Å². The molecule has 19 heavy (non-hydrogen) atoms. The maximum absolute atomic E-state index is 10.8. The number of likely N-dealkylation sites (tertiary alicyclic amines) is 1. The summed E-state index contributed by atoms with van der Waals surface area (Å²) in [7, 11) is 2.09. The van der Waals surface area contributed by atoms with Crippen molar-refractivity contribution in [2.45, 2.75) is 6.42 Å². The number of nitrogens with zero attached hydrogens (tertiary/aromatic N) is 3. The van der Waals surface area contributed by atoms with Crippen LogP contribution in [0.15, 0.2) is 12.1 Å². The molecule has 0 bridgehead atoms. The third-order valence-corrected chi connectivity index (χ3v) is 3.23. The van der Waals surface area contributed by atoms with Crippen molar-refractivity contribution < 1.29 is 4.92 Å². The third kappa shape index (κ3) is 3.52. The van der Waals surface area contributed by atoms with Crippen LogP contribution >= 0.6 is 0 Å². The lowest BCUT2D eigenvalue weighted by atomic mass is 10.1. The molecular formula is C11H18N6O2. The van der Waals surface area contributed by atoms with E-state index >= 15 is 0 Å². The molecule has 104 valence electrons. The predicted molar refractivity (Wildman–Crippen MR) is 72.8 cm³/mol. The van der Waals surface area contributed by atoms with Gasteiger partial charge in [-0.05, 0) is 25.9 Å². The first-order chi connectivity index (χ1) is 9.08. The molecule has 1 atom stereocenters. The molecule has 1 fully saturated rings. The Hall–Kier alpha value is -1.93. The first-order valence-corrected chi connectivity index (χ1v) is 6.14. The molecule has 1 unspecified atom stereocenters. The molecule has 1 aliphatic rings. The first kappa shape index (κ1) is 13.5. The van der Waals surface area contributed by atoms with Crippen molar-refractivity contribution in [2.75, 3.05) is 37.4 Å². The molecule has 1 aromatic rings. The van der Waals surface area contributed by atoms with Crippen LogP contribution in [0.5, 0.6) is 0 Å². The van der Waals surface area contributed by atoms with Gasteiger partial charge in [0.05, 0.1) is 17.1 Å². The Morgan fingerprint density at radius 1 is 1.58 bits per heavy atom. The number of anilines is 2. The van der Waals surface area contributed by atoms with E-state index in [9.17, 15) is 10.1 Å². The molecule has 1 aliphatic heterocycles. The van der Waals surface area contributed by atoms with E-state index in [0.29, 0.717) is 11.7 Å². The highest BCUT2D eigenvalue weighted by atomic mass is 16.6. The smallest absolute Gasteiger partial charge is 0.276 e. The summed E-state index contributed by atoms with van der Waals surface area (Å²) in [5, 5.41) is 13.9. The lowest BCUT2D eigenvalue weighted by molar-refractivity contribution is -0.384. The molecule has 8 heteroatoms. The largest absolute Gasteiger partial charge is 0.369 e. The Morgan fingerprint density at radius 3 is 2.89 bits per heavy atom. The molecule has 0 saturated carbocycles. The summed E-state index contributed by atoms with van der Waals surface area (Å²) in [6.45, 7) is 2.87. The van der Waals surface area contributed by atoms with Gasteiger partial charge >= 0.3 is 0 Å². The normalized spacial score (nSPS) is 19.4. The van der Waals surface area contributed by atoms with Crippen molar-refractivity contribution in [1.82, 2.24) is 9.88 Å². The molecule has 1 aromatic heterocycles. The fourth-order valence-electron chi connectivity index (χ4n) is 2.23. The minimum atomic E-state index is -0.461. The minimum Gasteiger partial charge on any atom is -0.369 e. The Labute approximate surface area is 111 Å². The third-order valence-electron chi connectivity index (χ3n) is 3.23. The lowest BCUT2D eigenvalue weighted by Gasteiger charge is -2.12. The van der Waals surface area contributed by atoms with Crippen molar-refractivity contribution in [2.24, 2.45) is 11.8 Å². The van der Waals surface area contributed by atoms with Gasteiger partial charge in [-0.25, -0.2) is 10.8 Å². The van der Waals surface area contributed by atoms with Crippen molar-refractivity contribution in [3.05, 3.63) is 22.2 Å². The van der Waals surface area contributed by atoms with Gasteiger partial charge in [0.15, 0.2) is 0 Å². The number of rotatable bonds is 5. The van der Waals surface area contributed by atoms with Gasteiger partial charge < -0.3 is 15.6 Å². The highest BCUT2D eigenvalue weighted by Gasteiger charge is 2.19. The molecule has 0 aliphatic carbocycles. The fraction of sp³-hybridized carbons (Fsp3) is 0.545. The van der Waals surface area contributed by atoms with Gasteiger partial charge in [0.1, 0.15) is 11.6 Å². The van der Waals surface area contributed by atoms with Gasteiger partial charge in [-0.3, -0.25) is 10.1 Å². The number of nitrogen functional groups attached to an aromatic ring is 1. The monoisotopic (exact) mass is 266 g/mol. The van der Waals surface area contributed by atoms with Crippen LogP contribution < -0.4 is 16.6 Å². The highest BCUT2D eigenvalue weighted by Crippen LogP contribution is 2.21. The maximum Gasteiger partial charge on any atom is 0.276 e. The van der Waals surface area contributed by atoms with E-state index in [0.717, 1.165) is 26.1 Å². The Kier molecular flexibility index (Phi) is 4.13. The standard InChI is InChI=1S/C11H18N6O2/c1-16-3-2-8(7-16)6-13-10-4-9(17(18)19)5-11(14-10)15-12/h4-5,8H,2-3,6-7,12H2,1H3,(H2,13,14,15). The molecule has 4 N–H and O–H groups in total. The number of hydrogen-bond donors (Lipinski definition) is 3. The second kappa shape index (κ2) is 5.81. The SMILES string of the molecule is CN1CCC(CNc2cc([N+](=O)[O-])cc(NN)n2)C1. The Balaban J connectivity index is 2.02. The Bertz CT molecular complexity index is 466. The van der Waals surface area contributed by atoms with E-state index in [1.165, 1.54) is 12.1 Å². The number of hydrogen-bond acceptors (Lipinski definition) is 7. The van der Waals surface area contributed by atoms with Crippen LogP contribution in [0, 0.1) is 16.0 Å². The summed E-state index contributed by atoms with van der Waals surface area (Å²) in [6, 6.07) is 2.72. The maximum atomic E-state index is 10.8. The zero-order chi connectivity index (χ0) is 13.8. The molecule has 0 spiro atoms. The quantitative estimate of drug-likeness (QED) is 0.407.